The number of anilines is 1. The lowest BCUT2D eigenvalue weighted by molar-refractivity contribution is 0.414. The highest BCUT2D eigenvalue weighted by atomic mass is 16.5. The number of hydrogen-bond acceptors (Lipinski definition) is 2. The molecule has 1 unspecified atom stereocenters. The van der Waals surface area contributed by atoms with Crippen LogP contribution in [0, 0.1) is 6.92 Å². The molecule has 0 amide bonds. The number of methoxy groups -OCH3 is 1. The minimum absolute atomic E-state index is 0.523. The van der Waals surface area contributed by atoms with E-state index in [1.54, 1.807) is 7.11 Å². The van der Waals surface area contributed by atoms with Crippen molar-refractivity contribution >= 4 is 5.69 Å². The Hall–Kier alpha value is -1.96. The molecule has 0 aliphatic heterocycles. The van der Waals surface area contributed by atoms with Crippen LogP contribution in [0.5, 0.6) is 5.75 Å². The van der Waals surface area contributed by atoms with E-state index < -0.39 is 0 Å². The van der Waals surface area contributed by atoms with E-state index in [4.69, 9.17) is 4.74 Å². The highest BCUT2D eigenvalue weighted by Crippen LogP contribution is 2.23. The van der Waals surface area contributed by atoms with Crippen LogP contribution in [0.2, 0.25) is 0 Å². The van der Waals surface area contributed by atoms with Crippen molar-refractivity contribution in [2.45, 2.75) is 46.2 Å². The van der Waals surface area contributed by atoms with Crippen LogP contribution in [0.3, 0.4) is 0 Å². The molecule has 0 spiro atoms. The molecule has 0 aliphatic rings. The summed E-state index contributed by atoms with van der Waals surface area (Å²) in [7, 11) is 1.71. The van der Waals surface area contributed by atoms with Crippen molar-refractivity contribution in [1.29, 1.82) is 0 Å². The second-order valence-corrected chi connectivity index (χ2v) is 5.95. The first-order chi connectivity index (χ1) is 10.6. The maximum Gasteiger partial charge on any atom is 0.118 e. The summed E-state index contributed by atoms with van der Waals surface area (Å²) in [5, 5.41) is 0. The van der Waals surface area contributed by atoms with E-state index in [0.717, 1.165) is 12.3 Å². The third kappa shape index (κ3) is 4.27. The van der Waals surface area contributed by atoms with E-state index in [2.05, 4.69) is 62.1 Å². The third-order valence-electron chi connectivity index (χ3n) is 4.12. The van der Waals surface area contributed by atoms with Gasteiger partial charge in [-0.15, -0.1) is 0 Å². The van der Waals surface area contributed by atoms with Crippen molar-refractivity contribution in [3.05, 3.63) is 59.7 Å². The molecule has 0 radical (unpaired) electrons. The first-order valence-corrected chi connectivity index (χ1v) is 8.10. The fraction of sp³-hybridized carbons (Fsp3) is 0.400. The molecule has 22 heavy (non-hydrogen) atoms. The van der Waals surface area contributed by atoms with E-state index in [0.29, 0.717) is 6.04 Å². The monoisotopic (exact) mass is 297 g/mol. The SMILES string of the molecule is CCCC(C)N(Cc1ccc(OC)cc1)c1ccc(C)cc1. The third-order valence-corrected chi connectivity index (χ3v) is 4.12. The summed E-state index contributed by atoms with van der Waals surface area (Å²) in [6.07, 6.45) is 2.40. The molecule has 0 heterocycles. The predicted octanol–water partition coefficient (Wildman–Crippen LogP) is 5.20. The lowest BCUT2D eigenvalue weighted by Crippen LogP contribution is -2.32. The molecule has 2 nitrogen and oxygen atoms in total. The Morgan fingerprint density at radius 2 is 1.64 bits per heavy atom. The summed E-state index contributed by atoms with van der Waals surface area (Å²) in [5.74, 6) is 0.909. The van der Waals surface area contributed by atoms with Gasteiger partial charge in [0.15, 0.2) is 0 Å². The van der Waals surface area contributed by atoms with Crippen molar-refractivity contribution in [2.24, 2.45) is 0 Å². The molecule has 0 aromatic heterocycles. The molecule has 0 bridgehead atoms. The summed E-state index contributed by atoms with van der Waals surface area (Å²) in [6, 6.07) is 17.7. The zero-order chi connectivity index (χ0) is 15.9. The van der Waals surface area contributed by atoms with Crippen molar-refractivity contribution in [3.8, 4) is 5.75 Å². The number of aryl methyl sites for hydroxylation is 1. The molecule has 0 saturated carbocycles. The molecule has 0 N–H and O–H groups in total. The Balaban J connectivity index is 2.21. The standard InChI is InChI=1S/C20H27NO/c1-5-6-17(3)21(19-11-7-16(2)8-12-19)15-18-9-13-20(22-4)14-10-18/h7-14,17H,5-6,15H2,1-4H3. The number of hydrogen-bond donors (Lipinski definition) is 0. The van der Waals surface area contributed by atoms with Gasteiger partial charge in [-0.1, -0.05) is 43.2 Å². The van der Waals surface area contributed by atoms with Gasteiger partial charge in [0.2, 0.25) is 0 Å². The van der Waals surface area contributed by atoms with Crippen LogP contribution in [0.15, 0.2) is 48.5 Å². The summed E-state index contributed by atoms with van der Waals surface area (Å²) in [6.45, 7) is 7.62. The van der Waals surface area contributed by atoms with Crippen molar-refractivity contribution in [1.82, 2.24) is 0 Å². The van der Waals surface area contributed by atoms with Gasteiger partial charge < -0.3 is 9.64 Å². The maximum atomic E-state index is 5.24. The van der Waals surface area contributed by atoms with Crippen molar-refractivity contribution < 1.29 is 4.74 Å². The van der Waals surface area contributed by atoms with Gasteiger partial charge in [0, 0.05) is 18.3 Å². The smallest absolute Gasteiger partial charge is 0.118 e. The van der Waals surface area contributed by atoms with Crippen LogP contribution >= 0.6 is 0 Å². The number of benzene rings is 2. The van der Waals surface area contributed by atoms with Gasteiger partial charge in [-0.2, -0.15) is 0 Å². The number of rotatable bonds is 7. The summed E-state index contributed by atoms with van der Waals surface area (Å²) in [4.78, 5) is 2.49. The van der Waals surface area contributed by atoms with Crippen LogP contribution in [0.1, 0.15) is 37.8 Å². The maximum absolute atomic E-state index is 5.24. The lowest BCUT2D eigenvalue weighted by atomic mass is 10.1. The zero-order valence-corrected chi connectivity index (χ0v) is 14.2. The number of ether oxygens (including phenoxy) is 1. The largest absolute Gasteiger partial charge is 0.497 e. The van der Waals surface area contributed by atoms with Gasteiger partial charge in [0.05, 0.1) is 7.11 Å². The first kappa shape index (κ1) is 16.4. The Morgan fingerprint density at radius 3 is 2.18 bits per heavy atom. The van der Waals surface area contributed by atoms with Crippen molar-refractivity contribution in [2.75, 3.05) is 12.0 Å². The van der Waals surface area contributed by atoms with Crippen LogP contribution in [-0.2, 0) is 6.54 Å². The van der Waals surface area contributed by atoms with Crippen LogP contribution < -0.4 is 9.64 Å². The van der Waals surface area contributed by atoms with Crippen molar-refractivity contribution in [3.63, 3.8) is 0 Å². The molecule has 2 aromatic rings. The minimum Gasteiger partial charge on any atom is -0.497 e. The van der Waals surface area contributed by atoms with Gasteiger partial charge in [-0.05, 0) is 50.1 Å². The van der Waals surface area contributed by atoms with Crippen LogP contribution in [0.25, 0.3) is 0 Å². The molecule has 0 fully saturated rings. The average Bonchev–Trinajstić information content (AvgIpc) is 2.54. The van der Waals surface area contributed by atoms with E-state index in [1.165, 1.54) is 29.7 Å². The molecular formula is C20H27NO. The molecular weight excluding hydrogens is 270 g/mol. The molecule has 0 aliphatic carbocycles. The molecule has 2 heteroatoms. The fourth-order valence-corrected chi connectivity index (χ4v) is 2.74. The first-order valence-electron chi connectivity index (χ1n) is 8.10. The van der Waals surface area contributed by atoms with E-state index in [1.807, 2.05) is 12.1 Å². The van der Waals surface area contributed by atoms with Crippen LogP contribution in [0.4, 0.5) is 5.69 Å². The molecule has 2 aromatic carbocycles. The Bertz CT molecular complexity index is 559. The minimum atomic E-state index is 0.523. The Morgan fingerprint density at radius 1 is 1.00 bits per heavy atom. The molecule has 0 saturated heterocycles. The number of nitrogens with zero attached hydrogens (tertiary/aromatic N) is 1. The highest BCUT2D eigenvalue weighted by molar-refractivity contribution is 5.49. The van der Waals surface area contributed by atoms with Gasteiger partial charge in [-0.3, -0.25) is 0 Å². The molecule has 1 atom stereocenters. The van der Waals surface area contributed by atoms with E-state index in [-0.39, 0.29) is 0 Å². The average molecular weight is 297 g/mol. The lowest BCUT2D eigenvalue weighted by Gasteiger charge is -2.31. The van der Waals surface area contributed by atoms with Crippen LogP contribution in [-0.4, -0.2) is 13.2 Å². The summed E-state index contributed by atoms with van der Waals surface area (Å²) in [5.41, 5.74) is 3.91. The Kier molecular flexibility index (Phi) is 5.88. The zero-order valence-electron chi connectivity index (χ0n) is 14.2. The normalized spacial score (nSPS) is 12.0. The quantitative estimate of drug-likeness (QED) is 0.696. The highest BCUT2D eigenvalue weighted by Gasteiger charge is 2.14. The second kappa shape index (κ2) is 7.88. The summed E-state index contributed by atoms with van der Waals surface area (Å²) < 4.78 is 5.24. The molecule has 2 rings (SSSR count). The van der Waals surface area contributed by atoms with E-state index in [9.17, 15) is 0 Å². The predicted molar refractivity (Wildman–Crippen MR) is 94.7 cm³/mol. The second-order valence-electron chi connectivity index (χ2n) is 5.95. The van der Waals surface area contributed by atoms with Gasteiger partial charge in [-0.25, -0.2) is 0 Å². The molecule has 118 valence electrons. The van der Waals surface area contributed by atoms with Gasteiger partial charge in [0.1, 0.15) is 5.75 Å². The topological polar surface area (TPSA) is 12.5 Å². The summed E-state index contributed by atoms with van der Waals surface area (Å²) >= 11 is 0. The van der Waals surface area contributed by atoms with Gasteiger partial charge >= 0.3 is 0 Å². The van der Waals surface area contributed by atoms with E-state index >= 15 is 0 Å². The van der Waals surface area contributed by atoms with Gasteiger partial charge in [0.25, 0.3) is 0 Å². The fourth-order valence-electron chi connectivity index (χ4n) is 2.74. The Labute approximate surface area is 134 Å².